The molecule has 1 N–H and O–H groups in total. The molecule has 0 atom stereocenters. The number of hydrogen-bond acceptors (Lipinski definition) is 4. The van der Waals surface area contributed by atoms with E-state index in [1.165, 1.54) is 6.21 Å². The lowest BCUT2D eigenvalue weighted by Gasteiger charge is -2.18. The molecule has 128 valence electrons. The molecule has 1 aliphatic rings. The predicted octanol–water partition coefficient (Wildman–Crippen LogP) is 2.21. The number of carbonyl (C=O) groups is 2. The van der Waals surface area contributed by atoms with Gasteiger partial charge in [-0.3, -0.25) is 9.59 Å². The Kier molecular flexibility index (Phi) is 7.01. The van der Waals surface area contributed by atoms with Crippen LogP contribution < -0.4 is 10.2 Å². The summed E-state index contributed by atoms with van der Waals surface area (Å²) in [5.74, 6) is 0.528. The van der Waals surface area contributed by atoms with E-state index in [0.29, 0.717) is 13.0 Å². The van der Waals surface area contributed by atoms with E-state index in [2.05, 4.69) is 10.5 Å². The quantitative estimate of drug-likeness (QED) is 0.642. The van der Waals surface area contributed by atoms with Crippen LogP contribution in [0.4, 0.5) is 0 Å². The molecule has 1 saturated heterocycles. The van der Waals surface area contributed by atoms with Gasteiger partial charge in [0.25, 0.3) is 5.91 Å². The third-order valence-corrected chi connectivity index (χ3v) is 3.77. The maximum absolute atomic E-state index is 11.8. The number of benzene rings is 1. The number of ether oxygens (including phenoxy) is 1. The number of hydrazone groups is 1. The molecule has 0 aromatic heterocycles. The first-order valence-electron chi connectivity index (χ1n) is 8.10. The van der Waals surface area contributed by atoms with E-state index in [4.69, 9.17) is 4.74 Å². The van der Waals surface area contributed by atoms with Gasteiger partial charge in [-0.05, 0) is 31.1 Å². The van der Waals surface area contributed by atoms with Gasteiger partial charge >= 0.3 is 0 Å². The Morgan fingerprint density at radius 2 is 2.17 bits per heavy atom. The van der Waals surface area contributed by atoms with Gasteiger partial charge in [-0.15, -0.1) is 0 Å². The van der Waals surface area contributed by atoms with Crippen LogP contribution in [-0.2, 0) is 9.59 Å². The van der Waals surface area contributed by atoms with Crippen molar-refractivity contribution >= 4 is 24.1 Å². The fourth-order valence-corrected chi connectivity index (χ4v) is 2.52. The van der Waals surface area contributed by atoms with Gasteiger partial charge in [0.1, 0.15) is 12.3 Å². The van der Waals surface area contributed by atoms with Crippen LogP contribution in [0.25, 0.3) is 6.08 Å². The number of rotatable bonds is 6. The van der Waals surface area contributed by atoms with E-state index in [0.717, 1.165) is 30.6 Å². The van der Waals surface area contributed by atoms with Gasteiger partial charge in [0.15, 0.2) is 0 Å². The van der Waals surface area contributed by atoms with Gasteiger partial charge in [-0.25, -0.2) is 5.43 Å². The van der Waals surface area contributed by atoms with E-state index < -0.39 is 0 Å². The van der Waals surface area contributed by atoms with Gasteiger partial charge in [-0.1, -0.05) is 24.6 Å². The number of amides is 2. The molecular weight excluding hydrogens is 306 g/mol. The van der Waals surface area contributed by atoms with Crippen molar-refractivity contribution in [2.45, 2.75) is 25.7 Å². The van der Waals surface area contributed by atoms with Crippen LogP contribution in [0.1, 0.15) is 31.2 Å². The summed E-state index contributed by atoms with van der Waals surface area (Å²) >= 11 is 0. The van der Waals surface area contributed by atoms with Gasteiger partial charge in [0.05, 0.1) is 7.11 Å². The lowest BCUT2D eigenvalue weighted by molar-refractivity contribution is -0.135. The average Bonchev–Trinajstić information content (AvgIpc) is 2.79. The number of nitrogens with one attached hydrogen (secondary N) is 1. The van der Waals surface area contributed by atoms with E-state index >= 15 is 0 Å². The van der Waals surface area contributed by atoms with Crippen molar-refractivity contribution in [2.75, 3.05) is 20.2 Å². The molecule has 2 amide bonds. The highest BCUT2D eigenvalue weighted by Gasteiger charge is 2.18. The molecule has 1 heterocycles. The zero-order valence-corrected chi connectivity index (χ0v) is 13.9. The summed E-state index contributed by atoms with van der Waals surface area (Å²) < 4.78 is 5.24. The molecule has 6 nitrogen and oxygen atoms in total. The first kappa shape index (κ1) is 17.7. The topological polar surface area (TPSA) is 71.0 Å². The summed E-state index contributed by atoms with van der Waals surface area (Å²) in [5, 5.41) is 3.87. The molecule has 2 rings (SSSR count). The van der Waals surface area contributed by atoms with E-state index in [9.17, 15) is 9.59 Å². The van der Waals surface area contributed by atoms with Crippen LogP contribution in [-0.4, -0.2) is 43.1 Å². The standard InChI is InChI=1S/C18H23N3O3/c1-24-16-10-5-4-8-15(16)9-7-12-19-20-17(22)14-21-13-6-2-3-11-18(21)23/h4-5,7-10,12H,2-3,6,11,13-14H2,1H3,(H,20,22)/b9-7+,19-12-. The Hall–Kier alpha value is -2.63. The van der Waals surface area contributed by atoms with E-state index in [1.54, 1.807) is 18.1 Å². The van der Waals surface area contributed by atoms with Gasteiger partial charge in [0.2, 0.25) is 5.91 Å². The molecule has 1 aromatic rings. The normalized spacial score (nSPS) is 15.7. The molecule has 0 saturated carbocycles. The summed E-state index contributed by atoms with van der Waals surface area (Å²) in [6.45, 7) is 0.704. The largest absolute Gasteiger partial charge is 0.496 e. The van der Waals surface area contributed by atoms with Crippen LogP contribution in [0.2, 0.25) is 0 Å². The molecule has 0 bridgehead atoms. The minimum Gasteiger partial charge on any atom is -0.496 e. The second-order valence-corrected chi connectivity index (χ2v) is 5.54. The summed E-state index contributed by atoms with van der Waals surface area (Å²) in [4.78, 5) is 25.3. The summed E-state index contributed by atoms with van der Waals surface area (Å²) in [6, 6.07) is 7.61. The van der Waals surface area contributed by atoms with Crippen molar-refractivity contribution < 1.29 is 14.3 Å². The third kappa shape index (κ3) is 5.53. The monoisotopic (exact) mass is 329 g/mol. The molecule has 24 heavy (non-hydrogen) atoms. The zero-order valence-electron chi connectivity index (χ0n) is 13.9. The first-order chi connectivity index (χ1) is 11.7. The van der Waals surface area contributed by atoms with E-state index in [-0.39, 0.29) is 18.4 Å². The Morgan fingerprint density at radius 1 is 1.33 bits per heavy atom. The molecule has 0 radical (unpaired) electrons. The van der Waals surface area contributed by atoms with Crippen molar-refractivity contribution in [3.63, 3.8) is 0 Å². The highest BCUT2D eigenvalue weighted by Crippen LogP contribution is 2.18. The number of allylic oxidation sites excluding steroid dienone is 1. The Morgan fingerprint density at radius 3 is 3.00 bits per heavy atom. The minimum absolute atomic E-state index is 0.0442. The lowest BCUT2D eigenvalue weighted by atomic mass is 10.2. The van der Waals surface area contributed by atoms with Crippen molar-refractivity contribution in [1.82, 2.24) is 10.3 Å². The average molecular weight is 329 g/mol. The fourth-order valence-electron chi connectivity index (χ4n) is 2.52. The smallest absolute Gasteiger partial charge is 0.259 e. The van der Waals surface area contributed by atoms with Gasteiger partial charge in [-0.2, -0.15) is 5.10 Å². The molecule has 1 aromatic carbocycles. The minimum atomic E-state index is -0.285. The van der Waals surface area contributed by atoms with Crippen LogP contribution in [0.3, 0.4) is 0 Å². The van der Waals surface area contributed by atoms with Crippen LogP contribution in [0, 0.1) is 0 Å². The SMILES string of the molecule is COc1ccccc1/C=C/C=N\NC(=O)CN1CCCCCC1=O. The molecule has 0 spiro atoms. The third-order valence-electron chi connectivity index (χ3n) is 3.77. The van der Waals surface area contributed by atoms with E-state index in [1.807, 2.05) is 30.3 Å². The Bertz CT molecular complexity index is 626. The van der Waals surface area contributed by atoms with Crippen LogP contribution in [0.5, 0.6) is 5.75 Å². The number of carbonyl (C=O) groups excluding carboxylic acids is 2. The molecule has 1 aliphatic heterocycles. The number of hydrogen-bond donors (Lipinski definition) is 1. The summed E-state index contributed by atoms with van der Waals surface area (Å²) in [6.07, 6.45) is 8.47. The summed E-state index contributed by atoms with van der Waals surface area (Å²) in [7, 11) is 1.62. The first-order valence-corrected chi connectivity index (χ1v) is 8.10. The maximum atomic E-state index is 11.8. The van der Waals surface area contributed by atoms with Crippen molar-refractivity contribution in [3.05, 3.63) is 35.9 Å². The molecule has 1 fully saturated rings. The highest BCUT2D eigenvalue weighted by molar-refractivity contribution is 5.86. The Labute approximate surface area is 142 Å². The van der Waals surface area contributed by atoms with Gasteiger partial charge in [0, 0.05) is 24.7 Å². The van der Waals surface area contributed by atoms with Crippen molar-refractivity contribution in [3.8, 4) is 5.75 Å². The van der Waals surface area contributed by atoms with Crippen molar-refractivity contribution in [2.24, 2.45) is 5.10 Å². The molecule has 6 heteroatoms. The molecular formula is C18H23N3O3. The lowest BCUT2D eigenvalue weighted by Crippen LogP contribution is -2.39. The number of methoxy groups -OCH3 is 1. The Balaban J connectivity index is 1.79. The zero-order chi connectivity index (χ0) is 17.2. The van der Waals surface area contributed by atoms with Crippen LogP contribution >= 0.6 is 0 Å². The maximum Gasteiger partial charge on any atom is 0.259 e. The van der Waals surface area contributed by atoms with Crippen molar-refractivity contribution in [1.29, 1.82) is 0 Å². The summed E-state index contributed by atoms with van der Waals surface area (Å²) in [5.41, 5.74) is 3.36. The molecule has 0 aliphatic carbocycles. The van der Waals surface area contributed by atoms with Crippen LogP contribution in [0.15, 0.2) is 35.4 Å². The highest BCUT2D eigenvalue weighted by atomic mass is 16.5. The fraction of sp³-hybridized carbons (Fsp3) is 0.389. The molecule has 0 unspecified atom stereocenters. The number of nitrogens with zero attached hydrogens (tertiary/aromatic N) is 2. The second-order valence-electron chi connectivity index (χ2n) is 5.54. The number of para-hydroxylation sites is 1. The van der Waals surface area contributed by atoms with Gasteiger partial charge < -0.3 is 9.64 Å². The predicted molar refractivity (Wildman–Crippen MR) is 93.7 cm³/mol. The number of likely N-dealkylation sites (tertiary alicyclic amines) is 1. The second kappa shape index (κ2) is 9.50.